The number of ether oxygens (including phenoxy) is 1. The Hall–Kier alpha value is -1.30. The summed E-state index contributed by atoms with van der Waals surface area (Å²) < 4.78 is 55.9. The fourth-order valence-electron chi connectivity index (χ4n) is 2.20. The van der Waals surface area contributed by atoms with E-state index < -0.39 is 30.5 Å². The second kappa shape index (κ2) is 4.67. The van der Waals surface area contributed by atoms with Crippen molar-refractivity contribution >= 4 is 0 Å². The Labute approximate surface area is 108 Å². The predicted octanol–water partition coefficient (Wildman–Crippen LogP) is 3.39. The highest BCUT2D eigenvalue weighted by Crippen LogP contribution is 2.43. The van der Waals surface area contributed by atoms with Crippen molar-refractivity contribution in [3.63, 3.8) is 0 Å². The zero-order valence-electron chi connectivity index (χ0n) is 10.6. The van der Waals surface area contributed by atoms with Crippen LogP contribution in [-0.2, 0) is 0 Å². The first kappa shape index (κ1) is 14.1. The van der Waals surface area contributed by atoms with E-state index in [0.717, 1.165) is 0 Å². The molecule has 0 spiro atoms. The zero-order chi connectivity index (χ0) is 14.3. The summed E-state index contributed by atoms with van der Waals surface area (Å²) in [6, 6.07) is 6.44. The molecule has 2 rings (SSSR count). The van der Waals surface area contributed by atoms with Crippen LogP contribution in [0.1, 0.15) is 25.5 Å². The Morgan fingerprint density at radius 3 is 2.58 bits per heavy atom. The standard InChI is InChI=1S/C13H15F4NO/c1-12(2)10(18-7-13(16,17)11(14)15)8-5-3-4-6-9(8)19-12/h3-6,10-11,18H,7H2,1-2H3. The van der Waals surface area contributed by atoms with E-state index in [1.807, 2.05) is 0 Å². The number of nitrogens with one attached hydrogen (secondary N) is 1. The molecule has 1 aromatic rings. The van der Waals surface area contributed by atoms with Gasteiger partial charge in [0, 0.05) is 5.56 Å². The lowest BCUT2D eigenvalue weighted by atomic mass is 9.94. The normalized spacial score (nSPS) is 21.3. The van der Waals surface area contributed by atoms with E-state index in [1.165, 1.54) is 0 Å². The van der Waals surface area contributed by atoms with Gasteiger partial charge in [-0.1, -0.05) is 18.2 Å². The lowest BCUT2D eigenvalue weighted by molar-refractivity contribution is -0.127. The molecule has 0 saturated heterocycles. The molecule has 0 aliphatic carbocycles. The third-order valence-electron chi connectivity index (χ3n) is 3.16. The van der Waals surface area contributed by atoms with Gasteiger partial charge in [-0.3, -0.25) is 0 Å². The van der Waals surface area contributed by atoms with E-state index in [-0.39, 0.29) is 0 Å². The van der Waals surface area contributed by atoms with E-state index in [9.17, 15) is 17.6 Å². The summed E-state index contributed by atoms with van der Waals surface area (Å²) in [5.74, 6) is -3.46. The topological polar surface area (TPSA) is 21.3 Å². The fraction of sp³-hybridized carbons (Fsp3) is 0.538. The largest absolute Gasteiger partial charge is 0.486 e. The molecule has 0 fully saturated rings. The maximum Gasteiger partial charge on any atom is 0.319 e. The van der Waals surface area contributed by atoms with Crippen LogP contribution in [0.3, 0.4) is 0 Å². The summed E-state index contributed by atoms with van der Waals surface area (Å²) in [4.78, 5) is 0. The number of benzene rings is 1. The molecule has 1 unspecified atom stereocenters. The second-order valence-corrected chi connectivity index (χ2v) is 5.12. The third kappa shape index (κ3) is 2.68. The molecule has 1 aliphatic rings. The van der Waals surface area contributed by atoms with E-state index in [1.54, 1.807) is 38.1 Å². The Morgan fingerprint density at radius 2 is 1.95 bits per heavy atom. The van der Waals surface area contributed by atoms with Crippen LogP contribution in [0, 0.1) is 0 Å². The van der Waals surface area contributed by atoms with Crippen molar-refractivity contribution in [2.24, 2.45) is 0 Å². The van der Waals surface area contributed by atoms with Gasteiger partial charge in [-0.2, -0.15) is 8.78 Å². The number of hydrogen-bond donors (Lipinski definition) is 1. The highest BCUT2D eigenvalue weighted by Gasteiger charge is 2.45. The lowest BCUT2D eigenvalue weighted by Gasteiger charge is -2.28. The van der Waals surface area contributed by atoms with Gasteiger partial charge in [0.25, 0.3) is 0 Å². The number of hydrogen-bond acceptors (Lipinski definition) is 2. The molecular weight excluding hydrogens is 262 g/mol. The number of para-hydroxylation sites is 1. The van der Waals surface area contributed by atoms with Gasteiger partial charge in [0.1, 0.15) is 11.4 Å². The molecule has 106 valence electrons. The van der Waals surface area contributed by atoms with E-state index in [0.29, 0.717) is 11.3 Å². The molecule has 1 aliphatic heterocycles. The molecule has 0 radical (unpaired) electrons. The highest BCUT2D eigenvalue weighted by molar-refractivity contribution is 5.42. The van der Waals surface area contributed by atoms with Crippen LogP contribution in [0.4, 0.5) is 17.6 Å². The van der Waals surface area contributed by atoms with Crippen LogP contribution in [-0.4, -0.2) is 24.5 Å². The number of fused-ring (bicyclic) bond motifs is 1. The van der Waals surface area contributed by atoms with Crippen molar-refractivity contribution in [1.82, 2.24) is 5.32 Å². The molecule has 6 heteroatoms. The van der Waals surface area contributed by atoms with Gasteiger partial charge in [-0.05, 0) is 19.9 Å². The monoisotopic (exact) mass is 277 g/mol. The molecule has 0 saturated carbocycles. The first-order valence-corrected chi connectivity index (χ1v) is 5.91. The molecule has 0 amide bonds. The first-order chi connectivity index (χ1) is 8.74. The van der Waals surface area contributed by atoms with Crippen LogP contribution in [0.15, 0.2) is 24.3 Å². The van der Waals surface area contributed by atoms with Crippen molar-refractivity contribution in [1.29, 1.82) is 0 Å². The second-order valence-electron chi connectivity index (χ2n) is 5.12. The van der Waals surface area contributed by atoms with Crippen LogP contribution in [0.2, 0.25) is 0 Å². The summed E-state index contributed by atoms with van der Waals surface area (Å²) >= 11 is 0. The maximum absolute atomic E-state index is 13.0. The molecule has 0 aromatic heterocycles. The zero-order valence-corrected chi connectivity index (χ0v) is 10.6. The van der Waals surface area contributed by atoms with Gasteiger partial charge < -0.3 is 10.1 Å². The minimum atomic E-state index is -4.05. The molecule has 1 heterocycles. The number of alkyl halides is 4. The Balaban J connectivity index is 2.16. The molecule has 1 aromatic carbocycles. The van der Waals surface area contributed by atoms with Crippen LogP contribution >= 0.6 is 0 Å². The average Bonchev–Trinajstić information content (AvgIpc) is 2.56. The van der Waals surface area contributed by atoms with E-state index in [2.05, 4.69) is 5.32 Å². The minimum absolute atomic E-state index is 0.548. The summed E-state index contributed by atoms with van der Waals surface area (Å²) in [5, 5.41) is 2.49. The van der Waals surface area contributed by atoms with Gasteiger partial charge in [0.05, 0.1) is 12.6 Å². The molecule has 1 atom stereocenters. The van der Waals surface area contributed by atoms with Gasteiger partial charge in [-0.15, -0.1) is 0 Å². The third-order valence-corrected chi connectivity index (χ3v) is 3.16. The van der Waals surface area contributed by atoms with Crippen molar-refractivity contribution in [2.45, 2.75) is 37.8 Å². The Kier molecular flexibility index (Phi) is 3.47. The van der Waals surface area contributed by atoms with Crippen molar-refractivity contribution in [3.8, 4) is 5.75 Å². The molecular formula is C13H15F4NO. The van der Waals surface area contributed by atoms with Crippen molar-refractivity contribution in [3.05, 3.63) is 29.8 Å². The fourth-order valence-corrected chi connectivity index (χ4v) is 2.20. The highest BCUT2D eigenvalue weighted by atomic mass is 19.3. The van der Waals surface area contributed by atoms with Gasteiger partial charge in [-0.25, -0.2) is 8.78 Å². The average molecular weight is 277 g/mol. The molecule has 19 heavy (non-hydrogen) atoms. The lowest BCUT2D eigenvalue weighted by Crippen LogP contribution is -2.46. The van der Waals surface area contributed by atoms with E-state index in [4.69, 9.17) is 4.74 Å². The first-order valence-electron chi connectivity index (χ1n) is 5.91. The summed E-state index contributed by atoms with van der Waals surface area (Å²) in [6.45, 7) is 2.37. The van der Waals surface area contributed by atoms with Crippen molar-refractivity contribution in [2.75, 3.05) is 6.54 Å². The Morgan fingerprint density at radius 1 is 1.32 bits per heavy atom. The molecule has 1 N–H and O–H groups in total. The summed E-state index contributed by atoms with van der Waals surface area (Å²) in [5.41, 5.74) is -0.0559. The molecule has 2 nitrogen and oxygen atoms in total. The maximum atomic E-state index is 13.0. The van der Waals surface area contributed by atoms with Crippen LogP contribution < -0.4 is 10.1 Å². The SMILES string of the molecule is CC1(C)Oc2ccccc2C1NCC(F)(F)C(F)F. The predicted molar refractivity (Wildman–Crippen MR) is 62.8 cm³/mol. The van der Waals surface area contributed by atoms with E-state index >= 15 is 0 Å². The minimum Gasteiger partial charge on any atom is -0.486 e. The number of rotatable bonds is 4. The van der Waals surface area contributed by atoms with Crippen LogP contribution in [0.25, 0.3) is 0 Å². The smallest absolute Gasteiger partial charge is 0.319 e. The number of halogens is 4. The van der Waals surface area contributed by atoms with Crippen LogP contribution in [0.5, 0.6) is 5.75 Å². The van der Waals surface area contributed by atoms with Crippen molar-refractivity contribution < 1.29 is 22.3 Å². The summed E-state index contributed by atoms with van der Waals surface area (Å²) in [6.07, 6.45) is -3.68. The summed E-state index contributed by atoms with van der Waals surface area (Å²) in [7, 11) is 0. The van der Waals surface area contributed by atoms with Gasteiger partial charge in [0.15, 0.2) is 0 Å². The van der Waals surface area contributed by atoms with Gasteiger partial charge in [0.2, 0.25) is 0 Å². The quantitative estimate of drug-likeness (QED) is 0.852. The molecule has 0 bridgehead atoms. The van der Waals surface area contributed by atoms with Gasteiger partial charge >= 0.3 is 12.3 Å². The Bertz CT molecular complexity index is 462.